The Hall–Kier alpha value is -6.04. The zero-order valence-electron chi connectivity index (χ0n) is 34.8. The molecular formula is C38H37AsO25S4. The van der Waals surface area contributed by atoms with E-state index in [1.54, 1.807) is 0 Å². The quantitative estimate of drug-likeness (QED) is 0.0515. The maximum absolute atomic E-state index is 12.9. The van der Waals surface area contributed by atoms with E-state index < -0.39 is 217 Å². The number of carboxylic acid groups (broad SMARTS) is 3. The third kappa shape index (κ3) is 13.8. The number of carboxylic acids is 3. The molecule has 30 heteroatoms. The van der Waals surface area contributed by atoms with Crippen LogP contribution in [0.4, 0.5) is 0 Å². The van der Waals surface area contributed by atoms with Crippen molar-refractivity contribution in [2.45, 2.75) is 56.7 Å². The van der Waals surface area contributed by atoms with Gasteiger partial charge in [0.1, 0.15) is 5.75 Å². The van der Waals surface area contributed by atoms with Crippen LogP contribution in [0.5, 0.6) is 23.0 Å². The van der Waals surface area contributed by atoms with E-state index in [1.807, 2.05) is 0 Å². The molecule has 7 N–H and O–H groups in total. The van der Waals surface area contributed by atoms with Crippen LogP contribution in [0.15, 0.2) is 68.1 Å². The molecule has 0 unspecified atom stereocenters. The van der Waals surface area contributed by atoms with Gasteiger partial charge in [0.2, 0.25) is 0 Å². The number of hydrogen-bond donors (Lipinski definition) is 7. The second kappa shape index (κ2) is 19.9. The average Bonchev–Trinajstić information content (AvgIpc) is 3.16. The molecule has 0 aliphatic heterocycles. The summed E-state index contributed by atoms with van der Waals surface area (Å²) >= 11 is -4.24. The Labute approximate surface area is 388 Å². The molecule has 0 saturated heterocycles. The number of carbonyl (C=O) groups is 4. The molecule has 0 fully saturated rings. The van der Waals surface area contributed by atoms with Gasteiger partial charge in [-0.1, -0.05) is 0 Å². The molecule has 5 rings (SSSR count). The minimum atomic E-state index is -5.31. The number of ether oxygens (including phenoxy) is 4. The van der Waals surface area contributed by atoms with Gasteiger partial charge >= 0.3 is 303 Å². The van der Waals surface area contributed by atoms with E-state index in [2.05, 4.69) is 0 Å². The molecule has 0 amide bonds. The first-order chi connectivity index (χ1) is 31.2. The minimum absolute atomic E-state index is 0.463. The van der Waals surface area contributed by atoms with Gasteiger partial charge in [-0.05, 0) is 12.1 Å². The summed E-state index contributed by atoms with van der Waals surface area (Å²) in [5.41, 5.74) is -1.48. The van der Waals surface area contributed by atoms with Crippen LogP contribution in [0.2, 0.25) is 11.4 Å². The summed E-state index contributed by atoms with van der Waals surface area (Å²) in [6, 6.07) is 5.71. The normalized spacial score (nSPS) is 13.2. The first-order valence-corrected chi connectivity index (χ1v) is 29.7. The van der Waals surface area contributed by atoms with E-state index in [1.165, 1.54) is 0 Å². The molecule has 1 aliphatic rings. The van der Waals surface area contributed by atoms with E-state index >= 15 is 0 Å². The number of hydrogen-bond acceptors (Lipinski definition) is 18. The molecular weight excluding hydrogens is 1060 g/mol. The van der Waals surface area contributed by atoms with Gasteiger partial charge in [-0.3, -0.25) is 4.55 Å². The van der Waals surface area contributed by atoms with Gasteiger partial charge in [-0.2, -0.15) is 8.42 Å². The molecule has 1 aliphatic carbocycles. The fourth-order valence-electron chi connectivity index (χ4n) is 6.90. The Morgan fingerprint density at radius 3 is 0.779 bits per heavy atom. The summed E-state index contributed by atoms with van der Waals surface area (Å²) in [6.45, 7) is -4.76. The van der Waals surface area contributed by atoms with Crippen molar-refractivity contribution in [3.63, 3.8) is 0 Å². The van der Waals surface area contributed by atoms with Crippen LogP contribution in [0, 0.1) is 0 Å². The van der Waals surface area contributed by atoms with Crippen LogP contribution in [0.3, 0.4) is 0 Å². The second-order valence-corrected chi connectivity index (χ2v) is 26.3. The molecule has 8 bridgehead atoms. The van der Waals surface area contributed by atoms with Crippen molar-refractivity contribution in [2.24, 2.45) is 0 Å². The number of aliphatic carboxylic acids is 3. The predicted molar refractivity (Wildman–Crippen MR) is 225 cm³/mol. The van der Waals surface area contributed by atoms with E-state index in [-0.39, 0.29) is 0 Å². The molecule has 4 aromatic rings. The van der Waals surface area contributed by atoms with E-state index in [4.69, 9.17) is 22.7 Å². The van der Waals surface area contributed by atoms with Crippen LogP contribution in [0.1, 0.15) is 44.5 Å². The summed E-state index contributed by atoms with van der Waals surface area (Å²) in [6.07, 6.45) is -3.58. The summed E-state index contributed by atoms with van der Waals surface area (Å²) in [4.78, 5) is 44.8. The van der Waals surface area contributed by atoms with Crippen LogP contribution < -0.4 is 18.9 Å². The summed E-state index contributed by atoms with van der Waals surface area (Å²) in [5, 5.41) is 29.0. The van der Waals surface area contributed by atoms with Crippen molar-refractivity contribution in [1.29, 1.82) is 0 Å². The molecule has 68 heavy (non-hydrogen) atoms. The maximum atomic E-state index is 12.9. The third-order valence-corrected chi connectivity index (χ3v) is 13.9. The van der Waals surface area contributed by atoms with Crippen molar-refractivity contribution in [2.75, 3.05) is 26.4 Å². The van der Waals surface area contributed by atoms with Crippen LogP contribution >= 0.6 is 0 Å². The van der Waals surface area contributed by atoms with Crippen molar-refractivity contribution in [3.8, 4) is 23.0 Å². The molecule has 0 atom stereocenters. The fraction of sp³-hybridized carbons (Fsp3) is 0.263. The van der Waals surface area contributed by atoms with Gasteiger partial charge in [0.15, 0.2) is 6.61 Å². The fourth-order valence-corrected chi connectivity index (χ4v) is 10.4. The number of fused-ring (bicyclic) bond motifs is 8. The van der Waals surface area contributed by atoms with Gasteiger partial charge < -0.3 is 20.1 Å². The molecule has 0 aromatic heterocycles. The molecule has 25 nitrogen and oxygen atoms in total. The van der Waals surface area contributed by atoms with Crippen LogP contribution in [-0.2, 0) is 92.8 Å². The number of rotatable bonds is 17. The molecule has 368 valence electrons. The molecule has 4 aromatic carbocycles. The average molecular weight is 1100 g/mol. The summed E-state index contributed by atoms with van der Waals surface area (Å²) in [7, 11) is -21.2. The van der Waals surface area contributed by atoms with Gasteiger partial charge in [0.25, 0.3) is 10.1 Å². The first-order valence-electron chi connectivity index (χ1n) is 18.7. The molecule has 0 radical (unpaired) electrons. The Bertz CT molecular complexity index is 3110. The van der Waals surface area contributed by atoms with Gasteiger partial charge in [0.05, 0.1) is 4.90 Å². The molecule has 0 spiro atoms. The van der Waals surface area contributed by atoms with Crippen LogP contribution in [-0.4, -0.2) is 131 Å². The third-order valence-electron chi connectivity index (χ3n) is 9.26. The van der Waals surface area contributed by atoms with Gasteiger partial charge in [-0.15, -0.1) is 0 Å². The topological polar surface area (TPSA) is 410 Å². The standard InChI is InChI=1S/C38H37AsO25S4/c1-39(2,47)64-34(46)18-63-38-25-5-23-11-28(66(51,52)53)9-21(36(23)61-16-32(42)43)3-19-7-27(65(48,49)50)8-20(35(19)60-15-31(40)41)4-22-10-29(67(54,55)56)12-24(37(22)62-17-33(44)45)6-26(38)14-30(13-25)68(57,58)59/h7-14H,3-6,15-18H2,1-2H3,(H,40,41)(H,42,43)(H,44,45)(H,48,49,50)(H,51,52,53)(H,54,55,56)(H,57,58,59). The van der Waals surface area contributed by atoms with Gasteiger partial charge in [-0.25, -0.2) is 14.4 Å². The molecule has 0 saturated carbocycles. The Balaban J connectivity index is 2.07. The SMILES string of the molecule is C[As](C)(=O)OC(=O)COc1c2cc(S(=O)(=O)O)cc1Cc1cc(S(=O)(=O)O)cc(c1OCC(=O)O)Cc1cc(S(=O)(=O)O)cc(c1OCC(=O)O)Cc1cc(S(=O)(=O)O)cc(c1OCC(=O)O)C2. The zero-order valence-corrected chi connectivity index (χ0v) is 40.0. The summed E-state index contributed by atoms with van der Waals surface area (Å²) in [5.74, 6) is -8.47. The van der Waals surface area contributed by atoms with Crippen molar-refractivity contribution in [3.05, 3.63) is 93.0 Å². The van der Waals surface area contributed by atoms with Gasteiger partial charge in [0, 0.05) is 0 Å². The molecule has 0 heterocycles. The Morgan fingerprint density at radius 2 is 0.618 bits per heavy atom. The Morgan fingerprint density at radius 1 is 0.426 bits per heavy atom. The number of carbonyl (C=O) groups excluding carboxylic acids is 1. The van der Waals surface area contributed by atoms with Crippen LogP contribution in [0.25, 0.3) is 0 Å². The van der Waals surface area contributed by atoms with Crippen molar-refractivity contribution >= 4 is 78.2 Å². The second-order valence-electron chi connectivity index (χ2n) is 14.9. The van der Waals surface area contributed by atoms with Crippen molar-refractivity contribution in [1.82, 2.24) is 0 Å². The number of benzene rings is 4. The van der Waals surface area contributed by atoms with E-state index in [0.717, 1.165) is 23.6 Å². The first kappa shape index (κ1) is 52.9. The van der Waals surface area contributed by atoms with Crippen molar-refractivity contribution < 1.29 is 113 Å². The predicted octanol–water partition coefficient (Wildman–Crippen LogP) is 1.79. The summed E-state index contributed by atoms with van der Waals surface area (Å²) < 4.78 is 184. The monoisotopic (exact) mass is 1100 g/mol. The zero-order chi connectivity index (χ0) is 50.9. The Kier molecular flexibility index (Phi) is 15.5. The van der Waals surface area contributed by atoms with E-state index in [0.29, 0.717) is 36.4 Å². The van der Waals surface area contributed by atoms with E-state index in [9.17, 15) is 90.1 Å².